The highest BCUT2D eigenvalue weighted by Gasteiger charge is 2.33. The number of esters is 1. The van der Waals surface area contributed by atoms with Crippen LogP contribution in [0.4, 0.5) is 19.7 Å². The lowest BCUT2D eigenvalue weighted by molar-refractivity contribution is 0.0519. The predicted octanol–water partition coefficient (Wildman–Crippen LogP) is 2.34. The third kappa shape index (κ3) is 4.45. The topological polar surface area (TPSA) is 120 Å². The van der Waals surface area contributed by atoms with Crippen LogP contribution in [0, 0.1) is 5.82 Å². The fourth-order valence-corrected chi connectivity index (χ4v) is 2.65. The minimum absolute atomic E-state index is 0.0146. The monoisotopic (exact) mass is 407 g/mol. The minimum atomic E-state index is -0.705. The SMILES string of the molecule is CCOC(=O)c1coc(-c2ccc(N3CC(CNC(=O)OC)OC3=O)cc2F)n1. The zero-order valence-electron chi connectivity index (χ0n) is 15.6. The van der Waals surface area contributed by atoms with Crippen molar-refractivity contribution in [2.45, 2.75) is 13.0 Å². The normalized spacial score (nSPS) is 15.8. The summed E-state index contributed by atoms with van der Waals surface area (Å²) in [4.78, 5) is 40.0. The summed E-state index contributed by atoms with van der Waals surface area (Å²) >= 11 is 0. The van der Waals surface area contributed by atoms with Gasteiger partial charge >= 0.3 is 18.2 Å². The number of carbonyl (C=O) groups excluding carboxylic acids is 3. The van der Waals surface area contributed by atoms with Crippen molar-refractivity contribution in [3.05, 3.63) is 36.0 Å². The lowest BCUT2D eigenvalue weighted by Gasteiger charge is -2.14. The number of halogens is 1. The molecule has 2 aromatic rings. The van der Waals surface area contributed by atoms with Crippen molar-refractivity contribution < 1.29 is 37.4 Å². The van der Waals surface area contributed by atoms with Crippen LogP contribution in [0.25, 0.3) is 11.5 Å². The molecular formula is C18H18FN3O7. The first-order valence-corrected chi connectivity index (χ1v) is 8.65. The van der Waals surface area contributed by atoms with Crippen molar-refractivity contribution in [1.29, 1.82) is 0 Å². The molecule has 1 unspecified atom stereocenters. The van der Waals surface area contributed by atoms with Gasteiger partial charge in [0.1, 0.15) is 18.2 Å². The number of hydrogen-bond acceptors (Lipinski definition) is 8. The van der Waals surface area contributed by atoms with E-state index in [4.69, 9.17) is 13.9 Å². The first-order valence-electron chi connectivity index (χ1n) is 8.65. The largest absolute Gasteiger partial charge is 0.461 e. The maximum absolute atomic E-state index is 14.6. The zero-order chi connectivity index (χ0) is 21.0. The molecule has 10 nitrogen and oxygen atoms in total. The van der Waals surface area contributed by atoms with E-state index in [9.17, 15) is 18.8 Å². The number of methoxy groups -OCH3 is 1. The fraction of sp³-hybridized carbons (Fsp3) is 0.333. The maximum atomic E-state index is 14.6. The predicted molar refractivity (Wildman–Crippen MR) is 95.9 cm³/mol. The number of hydrogen-bond donors (Lipinski definition) is 1. The Bertz CT molecular complexity index is 930. The van der Waals surface area contributed by atoms with Gasteiger partial charge in [-0.3, -0.25) is 4.90 Å². The third-order valence-electron chi connectivity index (χ3n) is 4.02. The van der Waals surface area contributed by atoms with Crippen LogP contribution in [-0.2, 0) is 14.2 Å². The Balaban J connectivity index is 1.72. The van der Waals surface area contributed by atoms with E-state index < -0.39 is 30.1 Å². The highest BCUT2D eigenvalue weighted by molar-refractivity contribution is 5.90. The quantitative estimate of drug-likeness (QED) is 0.572. The average molecular weight is 407 g/mol. The summed E-state index contributed by atoms with van der Waals surface area (Å²) in [7, 11) is 1.22. The highest BCUT2D eigenvalue weighted by atomic mass is 19.1. The number of ether oxygens (including phenoxy) is 3. The van der Waals surface area contributed by atoms with Gasteiger partial charge < -0.3 is 23.9 Å². The van der Waals surface area contributed by atoms with Gasteiger partial charge in [-0.15, -0.1) is 0 Å². The van der Waals surface area contributed by atoms with E-state index in [0.717, 1.165) is 12.3 Å². The number of rotatable bonds is 6. The number of nitrogens with one attached hydrogen (secondary N) is 1. The molecule has 1 N–H and O–H groups in total. The van der Waals surface area contributed by atoms with Crippen LogP contribution >= 0.6 is 0 Å². The van der Waals surface area contributed by atoms with Crippen molar-refractivity contribution in [2.75, 3.05) is 31.7 Å². The molecule has 0 aliphatic carbocycles. The van der Waals surface area contributed by atoms with Crippen LogP contribution in [-0.4, -0.2) is 56.0 Å². The molecule has 2 heterocycles. The Morgan fingerprint density at radius 2 is 2.21 bits per heavy atom. The van der Waals surface area contributed by atoms with E-state index in [1.165, 1.54) is 24.1 Å². The number of aromatic nitrogens is 1. The molecule has 1 aliphatic heterocycles. The molecular weight excluding hydrogens is 389 g/mol. The number of nitrogens with zero attached hydrogens (tertiary/aromatic N) is 2. The lowest BCUT2D eigenvalue weighted by Crippen LogP contribution is -2.34. The molecule has 1 atom stereocenters. The molecule has 0 bridgehead atoms. The van der Waals surface area contributed by atoms with E-state index in [-0.39, 0.29) is 42.5 Å². The second kappa shape index (κ2) is 8.59. The molecule has 154 valence electrons. The van der Waals surface area contributed by atoms with E-state index in [1.807, 2.05) is 0 Å². The van der Waals surface area contributed by atoms with Gasteiger partial charge in [-0.2, -0.15) is 0 Å². The second-order valence-electron chi connectivity index (χ2n) is 5.91. The Morgan fingerprint density at radius 1 is 1.41 bits per heavy atom. The molecule has 1 saturated heterocycles. The first kappa shape index (κ1) is 20.1. The number of benzene rings is 1. The van der Waals surface area contributed by atoms with E-state index in [1.54, 1.807) is 6.92 Å². The number of cyclic esters (lactones) is 1. The van der Waals surface area contributed by atoms with Gasteiger partial charge in [-0.25, -0.2) is 23.8 Å². The standard InChI is InChI=1S/C18H18FN3O7/c1-3-27-16(23)14-9-28-15(21-14)12-5-4-10(6-13(12)19)22-8-11(29-18(22)25)7-20-17(24)26-2/h4-6,9,11H,3,7-8H2,1-2H3,(H,20,24). The summed E-state index contributed by atoms with van der Waals surface area (Å²) in [5, 5.41) is 2.43. The van der Waals surface area contributed by atoms with Crippen molar-refractivity contribution in [2.24, 2.45) is 0 Å². The highest BCUT2D eigenvalue weighted by Crippen LogP contribution is 2.28. The van der Waals surface area contributed by atoms with Crippen molar-refractivity contribution in [1.82, 2.24) is 10.3 Å². The van der Waals surface area contributed by atoms with Crippen LogP contribution in [0.5, 0.6) is 0 Å². The number of carbonyl (C=O) groups is 3. The molecule has 0 radical (unpaired) electrons. The van der Waals surface area contributed by atoms with Gasteiger partial charge in [0.05, 0.1) is 38.1 Å². The van der Waals surface area contributed by atoms with Crippen molar-refractivity contribution in [3.8, 4) is 11.5 Å². The van der Waals surface area contributed by atoms with Crippen LogP contribution in [0.1, 0.15) is 17.4 Å². The van der Waals surface area contributed by atoms with Crippen LogP contribution in [0.3, 0.4) is 0 Å². The molecule has 0 saturated carbocycles. The van der Waals surface area contributed by atoms with Gasteiger partial charge in [-0.05, 0) is 25.1 Å². The Kier molecular flexibility index (Phi) is 5.96. The van der Waals surface area contributed by atoms with Crippen molar-refractivity contribution >= 4 is 23.8 Å². The number of amides is 2. The lowest BCUT2D eigenvalue weighted by atomic mass is 10.1. The molecule has 11 heteroatoms. The molecule has 1 aromatic heterocycles. The van der Waals surface area contributed by atoms with Gasteiger partial charge in [0.2, 0.25) is 5.89 Å². The van der Waals surface area contributed by atoms with Gasteiger partial charge in [0, 0.05) is 0 Å². The molecule has 1 aliphatic rings. The smallest absolute Gasteiger partial charge is 0.414 e. The summed E-state index contributed by atoms with van der Waals surface area (Å²) in [6, 6.07) is 3.99. The molecule has 2 amide bonds. The van der Waals surface area contributed by atoms with Crippen LogP contribution in [0.15, 0.2) is 28.9 Å². The van der Waals surface area contributed by atoms with Gasteiger partial charge in [-0.1, -0.05) is 0 Å². The Labute approximate surface area is 164 Å². The van der Waals surface area contributed by atoms with Crippen LogP contribution < -0.4 is 10.2 Å². The number of oxazole rings is 1. The summed E-state index contributed by atoms with van der Waals surface area (Å²) in [6.45, 7) is 2.00. The van der Waals surface area contributed by atoms with E-state index in [0.29, 0.717) is 0 Å². The molecule has 29 heavy (non-hydrogen) atoms. The van der Waals surface area contributed by atoms with E-state index >= 15 is 0 Å². The minimum Gasteiger partial charge on any atom is -0.461 e. The summed E-state index contributed by atoms with van der Waals surface area (Å²) < 4.78 is 34.2. The van der Waals surface area contributed by atoms with Gasteiger partial charge in [0.15, 0.2) is 5.69 Å². The summed E-state index contributed by atoms with van der Waals surface area (Å²) in [5.41, 5.74) is 0.198. The second-order valence-corrected chi connectivity index (χ2v) is 5.91. The van der Waals surface area contributed by atoms with Gasteiger partial charge in [0.25, 0.3) is 0 Å². The first-order chi connectivity index (χ1) is 13.9. The van der Waals surface area contributed by atoms with E-state index in [2.05, 4.69) is 15.0 Å². The molecule has 1 fully saturated rings. The maximum Gasteiger partial charge on any atom is 0.414 e. The van der Waals surface area contributed by atoms with Crippen LogP contribution in [0.2, 0.25) is 0 Å². The molecule has 0 spiro atoms. The Morgan fingerprint density at radius 3 is 2.90 bits per heavy atom. The van der Waals surface area contributed by atoms with Crippen molar-refractivity contribution in [3.63, 3.8) is 0 Å². The Hall–Kier alpha value is -3.63. The number of alkyl carbamates (subject to hydrolysis) is 1. The average Bonchev–Trinajstić information content (AvgIpc) is 3.33. The summed E-state index contributed by atoms with van der Waals surface area (Å²) in [5.74, 6) is -1.48. The zero-order valence-corrected chi connectivity index (χ0v) is 15.6. The third-order valence-corrected chi connectivity index (χ3v) is 4.02. The molecule has 1 aromatic carbocycles. The number of anilines is 1. The summed E-state index contributed by atoms with van der Waals surface area (Å²) in [6.07, 6.45) is -0.849. The molecule has 3 rings (SSSR count). The fourth-order valence-electron chi connectivity index (χ4n) is 2.65.